The van der Waals surface area contributed by atoms with Gasteiger partial charge in [-0.2, -0.15) is 0 Å². The summed E-state index contributed by atoms with van der Waals surface area (Å²) >= 11 is 0. The van der Waals surface area contributed by atoms with E-state index in [2.05, 4.69) is 24.0 Å². The maximum Gasteiger partial charge on any atom is 0.269 e. The number of nitro benzene ring substituents is 1. The van der Waals surface area contributed by atoms with Crippen LogP contribution in [0, 0.1) is 22.0 Å². The van der Waals surface area contributed by atoms with E-state index in [1.54, 1.807) is 12.1 Å². The molecule has 0 heterocycles. The van der Waals surface area contributed by atoms with Gasteiger partial charge in [0.15, 0.2) is 0 Å². The molecule has 0 bridgehead atoms. The van der Waals surface area contributed by atoms with Crippen molar-refractivity contribution in [1.29, 1.82) is 0 Å². The minimum Gasteiger partial charge on any atom is -0.361 e. The van der Waals surface area contributed by atoms with Gasteiger partial charge in [-0.25, -0.2) is 0 Å². The van der Waals surface area contributed by atoms with Gasteiger partial charge in [-0.3, -0.25) is 10.1 Å². The monoisotopic (exact) mass is 257 g/mol. The number of hydrogen-bond donors (Lipinski definition) is 0. The Morgan fingerprint density at radius 3 is 2.79 bits per heavy atom. The molecule has 0 fully saturated rings. The maximum atomic E-state index is 10.5. The Morgan fingerprint density at radius 2 is 2.16 bits per heavy atom. The summed E-state index contributed by atoms with van der Waals surface area (Å²) in [5.74, 6) is 5.85. The molecule has 1 aromatic carbocycles. The van der Waals surface area contributed by atoms with Crippen molar-refractivity contribution in [3.05, 3.63) is 52.1 Å². The van der Waals surface area contributed by atoms with Crippen molar-refractivity contribution in [2.24, 2.45) is 0 Å². The molecule has 1 aliphatic rings. The lowest BCUT2D eigenvalue weighted by Gasteiger charge is -2.14. The van der Waals surface area contributed by atoms with Gasteiger partial charge in [-0.1, -0.05) is 24.0 Å². The lowest BCUT2D eigenvalue weighted by molar-refractivity contribution is -0.384. The van der Waals surface area contributed by atoms with Crippen LogP contribution in [0.1, 0.15) is 24.8 Å². The molecule has 0 spiro atoms. The van der Waals surface area contributed by atoms with E-state index < -0.39 is 4.92 Å². The van der Waals surface area contributed by atoms with E-state index in [4.69, 9.17) is 4.74 Å². The van der Waals surface area contributed by atoms with Crippen LogP contribution in [-0.2, 0) is 4.74 Å². The Hall–Kier alpha value is -2.12. The van der Waals surface area contributed by atoms with Gasteiger partial charge in [0.05, 0.1) is 11.0 Å². The van der Waals surface area contributed by atoms with Gasteiger partial charge in [-0.05, 0) is 31.4 Å². The van der Waals surface area contributed by atoms with Gasteiger partial charge in [0, 0.05) is 17.7 Å². The Labute approximate surface area is 112 Å². The molecule has 0 saturated carbocycles. The van der Waals surface area contributed by atoms with Gasteiger partial charge in [-0.15, -0.1) is 0 Å². The molecule has 1 aliphatic carbocycles. The molecule has 0 saturated heterocycles. The second-order valence-electron chi connectivity index (χ2n) is 4.31. The van der Waals surface area contributed by atoms with Crippen LogP contribution >= 0.6 is 0 Å². The predicted octanol–water partition coefficient (Wildman–Crippen LogP) is 3.07. The van der Waals surface area contributed by atoms with E-state index in [0.29, 0.717) is 6.61 Å². The van der Waals surface area contributed by atoms with Gasteiger partial charge in [0.1, 0.15) is 6.61 Å². The largest absolute Gasteiger partial charge is 0.361 e. The van der Waals surface area contributed by atoms with Crippen LogP contribution in [0.4, 0.5) is 5.69 Å². The lowest BCUT2D eigenvalue weighted by atomic mass is 10.1. The summed E-state index contributed by atoms with van der Waals surface area (Å²) in [7, 11) is 0. The molecule has 2 rings (SSSR count). The Kier molecular flexibility index (Phi) is 4.71. The first kappa shape index (κ1) is 13.3. The zero-order chi connectivity index (χ0) is 13.5. The summed E-state index contributed by atoms with van der Waals surface area (Å²) in [6, 6.07) is 6.20. The number of hydrogen-bond acceptors (Lipinski definition) is 3. The van der Waals surface area contributed by atoms with Crippen LogP contribution in [0.3, 0.4) is 0 Å². The van der Waals surface area contributed by atoms with Crippen LogP contribution in [0.2, 0.25) is 0 Å². The molecule has 0 radical (unpaired) electrons. The molecule has 0 amide bonds. The number of rotatable bonds is 3. The number of benzene rings is 1. The van der Waals surface area contributed by atoms with E-state index in [0.717, 1.165) is 24.8 Å². The predicted molar refractivity (Wildman–Crippen MR) is 72.7 cm³/mol. The molecule has 98 valence electrons. The van der Waals surface area contributed by atoms with Gasteiger partial charge in [0.2, 0.25) is 0 Å². The highest BCUT2D eigenvalue weighted by molar-refractivity contribution is 5.41. The van der Waals surface area contributed by atoms with Crippen LogP contribution in [-0.4, -0.2) is 17.6 Å². The molecular weight excluding hydrogens is 242 g/mol. The van der Waals surface area contributed by atoms with Crippen molar-refractivity contribution in [3.63, 3.8) is 0 Å². The van der Waals surface area contributed by atoms with Crippen LogP contribution in [0.5, 0.6) is 0 Å². The normalized spacial score (nSPS) is 17.6. The Balaban J connectivity index is 1.84. The average molecular weight is 257 g/mol. The third-order valence-electron chi connectivity index (χ3n) is 2.89. The van der Waals surface area contributed by atoms with E-state index >= 15 is 0 Å². The fourth-order valence-corrected chi connectivity index (χ4v) is 1.87. The number of ether oxygens (including phenoxy) is 1. The standard InChI is InChI=1S/C15H15NO3/c17-16(18)14-10-8-13(9-11-14)5-4-12-19-15-6-2-1-3-7-15/h2,6,8-11,15H,1,3,7,12H2. The van der Waals surface area contributed by atoms with E-state index in [-0.39, 0.29) is 11.8 Å². The maximum absolute atomic E-state index is 10.5. The first-order chi connectivity index (χ1) is 9.25. The number of allylic oxidation sites excluding steroid dienone is 1. The highest BCUT2D eigenvalue weighted by atomic mass is 16.6. The molecule has 1 aromatic rings. The van der Waals surface area contributed by atoms with E-state index in [9.17, 15) is 10.1 Å². The fraction of sp³-hybridized carbons (Fsp3) is 0.333. The van der Waals surface area contributed by atoms with Crippen LogP contribution < -0.4 is 0 Å². The molecule has 4 heteroatoms. The first-order valence-electron chi connectivity index (χ1n) is 6.27. The quantitative estimate of drug-likeness (QED) is 0.362. The van der Waals surface area contributed by atoms with Crippen molar-refractivity contribution >= 4 is 5.69 Å². The zero-order valence-corrected chi connectivity index (χ0v) is 10.5. The van der Waals surface area contributed by atoms with Crippen molar-refractivity contribution in [2.75, 3.05) is 6.61 Å². The van der Waals surface area contributed by atoms with Crippen molar-refractivity contribution in [2.45, 2.75) is 25.4 Å². The fourth-order valence-electron chi connectivity index (χ4n) is 1.87. The molecule has 1 unspecified atom stereocenters. The number of nitro groups is 1. The van der Waals surface area contributed by atoms with Crippen molar-refractivity contribution in [3.8, 4) is 11.8 Å². The molecule has 4 nitrogen and oxygen atoms in total. The van der Waals surface area contributed by atoms with E-state index in [1.165, 1.54) is 12.1 Å². The second-order valence-corrected chi connectivity index (χ2v) is 4.31. The highest BCUT2D eigenvalue weighted by Gasteiger charge is 2.06. The summed E-state index contributed by atoms with van der Waals surface area (Å²) in [5.41, 5.74) is 0.836. The first-order valence-corrected chi connectivity index (χ1v) is 6.27. The minimum absolute atomic E-state index is 0.0779. The summed E-state index contributed by atoms with van der Waals surface area (Å²) in [6.45, 7) is 0.381. The van der Waals surface area contributed by atoms with Crippen molar-refractivity contribution < 1.29 is 9.66 Å². The molecule has 0 aliphatic heterocycles. The summed E-state index contributed by atoms with van der Waals surface area (Å²) in [6.07, 6.45) is 7.75. The van der Waals surface area contributed by atoms with E-state index in [1.807, 2.05) is 0 Å². The Bertz CT molecular complexity index is 523. The third-order valence-corrected chi connectivity index (χ3v) is 2.89. The summed E-state index contributed by atoms with van der Waals surface area (Å²) in [4.78, 5) is 10.1. The highest BCUT2D eigenvalue weighted by Crippen LogP contribution is 2.13. The molecule has 0 aromatic heterocycles. The van der Waals surface area contributed by atoms with Crippen molar-refractivity contribution in [1.82, 2.24) is 0 Å². The smallest absolute Gasteiger partial charge is 0.269 e. The third kappa shape index (κ3) is 4.23. The van der Waals surface area contributed by atoms with Gasteiger partial charge < -0.3 is 4.74 Å². The molecular formula is C15H15NO3. The molecule has 1 atom stereocenters. The summed E-state index contributed by atoms with van der Waals surface area (Å²) < 4.78 is 5.60. The lowest BCUT2D eigenvalue weighted by Crippen LogP contribution is -2.12. The van der Waals surface area contributed by atoms with Gasteiger partial charge in [0.25, 0.3) is 5.69 Å². The van der Waals surface area contributed by atoms with Crippen LogP contribution in [0.15, 0.2) is 36.4 Å². The number of nitrogens with zero attached hydrogens (tertiary/aromatic N) is 1. The minimum atomic E-state index is -0.421. The van der Waals surface area contributed by atoms with Gasteiger partial charge >= 0.3 is 0 Å². The average Bonchev–Trinajstić information content (AvgIpc) is 2.45. The molecule has 19 heavy (non-hydrogen) atoms. The van der Waals surface area contributed by atoms with Crippen LogP contribution in [0.25, 0.3) is 0 Å². The molecule has 0 N–H and O–H groups in total. The second kappa shape index (κ2) is 6.72. The summed E-state index contributed by atoms with van der Waals surface area (Å²) in [5, 5.41) is 10.5. The Morgan fingerprint density at radius 1 is 1.37 bits per heavy atom. The SMILES string of the molecule is O=[N+]([O-])c1ccc(C#CCOC2C=CCCC2)cc1. The number of non-ortho nitro benzene ring substituents is 1. The topological polar surface area (TPSA) is 52.4 Å². The zero-order valence-electron chi connectivity index (χ0n) is 10.5.